The molecule has 184 valence electrons. The van der Waals surface area contributed by atoms with Crippen molar-refractivity contribution in [3.63, 3.8) is 0 Å². The Labute approximate surface area is 199 Å². The second-order valence-electron chi connectivity index (χ2n) is 8.28. The molecule has 3 rings (SSSR count). The minimum atomic E-state index is -4.20. The van der Waals surface area contributed by atoms with E-state index in [-0.39, 0.29) is 31.1 Å². The normalized spacial score (nSPS) is 17.0. The molecule has 0 spiro atoms. The van der Waals surface area contributed by atoms with E-state index in [2.05, 4.69) is 24.5 Å². The molecule has 3 amide bonds. The van der Waals surface area contributed by atoms with Gasteiger partial charge in [0.2, 0.25) is 10.0 Å². The van der Waals surface area contributed by atoms with Gasteiger partial charge in [0.05, 0.1) is 4.90 Å². The van der Waals surface area contributed by atoms with Crippen LogP contribution in [0.2, 0.25) is 0 Å². The highest BCUT2D eigenvalue weighted by atomic mass is 32.2. The zero-order valence-corrected chi connectivity index (χ0v) is 20.0. The van der Waals surface area contributed by atoms with Gasteiger partial charge < -0.3 is 16.4 Å². The fraction of sp³-hybridized carbons (Fsp3) is 0.391. The number of hydrogen-bond acceptors (Lipinski definition) is 5. The topological polar surface area (TPSA) is 125 Å². The van der Waals surface area contributed by atoms with Crippen molar-refractivity contribution in [1.29, 1.82) is 0 Å². The van der Waals surface area contributed by atoms with Crippen molar-refractivity contribution in [3.8, 4) is 0 Å². The minimum absolute atomic E-state index is 0.0211. The van der Waals surface area contributed by atoms with E-state index < -0.39 is 33.9 Å². The number of anilines is 1. The van der Waals surface area contributed by atoms with Crippen LogP contribution in [0.5, 0.6) is 0 Å². The lowest BCUT2D eigenvalue weighted by Crippen LogP contribution is -2.64. The monoisotopic (exact) mass is 491 g/mol. The summed E-state index contributed by atoms with van der Waals surface area (Å²) in [5.41, 5.74) is 7.11. The van der Waals surface area contributed by atoms with Crippen LogP contribution in [0, 0.1) is 5.82 Å². The number of sulfonamides is 1. The van der Waals surface area contributed by atoms with E-state index in [0.29, 0.717) is 18.0 Å². The molecule has 0 bridgehead atoms. The van der Waals surface area contributed by atoms with E-state index in [1.807, 2.05) is 12.1 Å². The van der Waals surface area contributed by atoms with E-state index in [0.717, 1.165) is 34.1 Å². The van der Waals surface area contributed by atoms with Crippen LogP contribution in [0.1, 0.15) is 31.7 Å². The number of nitrogens with two attached hydrogens (primary N) is 1. The highest BCUT2D eigenvalue weighted by Gasteiger charge is 2.44. The van der Waals surface area contributed by atoms with Crippen LogP contribution in [-0.4, -0.2) is 61.9 Å². The van der Waals surface area contributed by atoms with Crippen molar-refractivity contribution in [2.75, 3.05) is 31.5 Å². The predicted molar refractivity (Wildman–Crippen MR) is 127 cm³/mol. The molecule has 0 aliphatic carbocycles. The first kappa shape index (κ1) is 25.6. The summed E-state index contributed by atoms with van der Waals surface area (Å²) < 4.78 is 41.0. The second kappa shape index (κ2) is 10.9. The molecular weight excluding hydrogens is 461 g/mol. The number of benzene rings is 2. The van der Waals surface area contributed by atoms with Crippen LogP contribution in [-0.2, 0) is 14.8 Å². The number of hydrogen-bond donors (Lipinski definition) is 3. The minimum Gasteiger partial charge on any atom is -0.352 e. The molecule has 1 aliphatic heterocycles. The standard InChI is InChI=1S/C23H30FN5O4S/c1-16(2)17-4-8-19(9-5-17)27-23(31)28-14-3-15-29(22(28)21(30)26-13-12-25)34(32,33)20-10-6-18(24)7-11-20/h4-11,16,22H,3,12-15,25H2,1-2H3,(H,26,30)(H,27,31). The van der Waals surface area contributed by atoms with Gasteiger partial charge in [-0.15, -0.1) is 0 Å². The molecule has 34 heavy (non-hydrogen) atoms. The number of nitrogens with zero attached hydrogens (tertiary/aromatic N) is 2. The van der Waals surface area contributed by atoms with Crippen LogP contribution in [0.25, 0.3) is 0 Å². The molecule has 0 aromatic heterocycles. The van der Waals surface area contributed by atoms with Crippen molar-refractivity contribution < 1.29 is 22.4 Å². The van der Waals surface area contributed by atoms with Gasteiger partial charge in [-0.25, -0.2) is 17.6 Å². The summed E-state index contributed by atoms with van der Waals surface area (Å²) in [6, 6.07) is 11.0. The first-order valence-electron chi connectivity index (χ1n) is 11.1. The lowest BCUT2D eigenvalue weighted by atomic mass is 10.0. The molecule has 1 fully saturated rings. The summed E-state index contributed by atoms with van der Waals surface area (Å²) in [6.45, 7) is 4.58. The maximum absolute atomic E-state index is 13.4. The van der Waals surface area contributed by atoms with Gasteiger partial charge in [-0.05, 0) is 54.3 Å². The van der Waals surface area contributed by atoms with E-state index in [9.17, 15) is 22.4 Å². The maximum Gasteiger partial charge on any atom is 0.323 e. The van der Waals surface area contributed by atoms with Gasteiger partial charge >= 0.3 is 6.03 Å². The van der Waals surface area contributed by atoms with E-state index in [4.69, 9.17) is 5.73 Å². The molecular formula is C23H30FN5O4S. The van der Waals surface area contributed by atoms with Gasteiger partial charge in [-0.2, -0.15) is 4.31 Å². The number of rotatable bonds is 7. The Balaban J connectivity index is 1.91. The molecule has 0 saturated carbocycles. The molecule has 11 heteroatoms. The zero-order valence-electron chi connectivity index (χ0n) is 19.2. The van der Waals surface area contributed by atoms with Gasteiger partial charge in [0.25, 0.3) is 5.91 Å². The average Bonchev–Trinajstić information content (AvgIpc) is 2.82. The van der Waals surface area contributed by atoms with Crippen molar-refractivity contribution in [1.82, 2.24) is 14.5 Å². The smallest absolute Gasteiger partial charge is 0.323 e. The van der Waals surface area contributed by atoms with Gasteiger partial charge in [0, 0.05) is 31.9 Å². The Hall–Kier alpha value is -3.02. The van der Waals surface area contributed by atoms with Crippen LogP contribution >= 0.6 is 0 Å². The molecule has 4 N–H and O–H groups in total. The molecule has 1 unspecified atom stereocenters. The average molecular weight is 492 g/mol. The number of urea groups is 1. The van der Waals surface area contributed by atoms with Crippen molar-refractivity contribution in [2.24, 2.45) is 5.73 Å². The van der Waals surface area contributed by atoms with Gasteiger partial charge in [0.15, 0.2) is 6.17 Å². The molecule has 1 atom stereocenters. The van der Waals surface area contributed by atoms with Crippen LogP contribution in [0.3, 0.4) is 0 Å². The molecule has 0 radical (unpaired) electrons. The molecule has 2 aromatic rings. The van der Waals surface area contributed by atoms with Crippen molar-refractivity contribution in [2.45, 2.75) is 37.2 Å². The summed E-state index contributed by atoms with van der Waals surface area (Å²) in [5.74, 6) is -0.923. The number of carbonyl (C=O) groups excluding carboxylic acids is 2. The van der Waals surface area contributed by atoms with Crippen LogP contribution in [0.15, 0.2) is 53.4 Å². The summed E-state index contributed by atoms with van der Waals surface area (Å²) in [4.78, 5) is 27.2. The number of nitrogens with one attached hydrogen (secondary N) is 2. The Morgan fingerprint density at radius 3 is 2.32 bits per heavy atom. The summed E-state index contributed by atoms with van der Waals surface area (Å²) in [7, 11) is -4.20. The molecule has 1 saturated heterocycles. The van der Waals surface area contributed by atoms with E-state index in [1.165, 1.54) is 4.90 Å². The summed E-state index contributed by atoms with van der Waals surface area (Å²) in [5, 5.41) is 5.33. The van der Waals surface area contributed by atoms with Gasteiger partial charge in [-0.3, -0.25) is 9.69 Å². The Morgan fingerprint density at radius 2 is 1.74 bits per heavy atom. The largest absolute Gasteiger partial charge is 0.352 e. The quantitative estimate of drug-likeness (QED) is 0.548. The first-order valence-corrected chi connectivity index (χ1v) is 12.5. The number of halogens is 1. The third-order valence-electron chi connectivity index (χ3n) is 5.53. The highest BCUT2D eigenvalue weighted by molar-refractivity contribution is 7.89. The van der Waals surface area contributed by atoms with Crippen LogP contribution < -0.4 is 16.4 Å². The molecule has 2 aromatic carbocycles. The third-order valence-corrected chi connectivity index (χ3v) is 7.40. The fourth-order valence-corrected chi connectivity index (χ4v) is 5.30. The Bertz CT molecular complexity index is 1110. The maximum atomic E-state index is 13.4. The Morgan fingerprint density at radius 1 is 1.09 bits per heavy atom. The van der Waals surface area contributed by atoms with Gasteiger partial charge in [0.1, 0.15) is 5.82 Å². The number of carbonyl (C=O) groups is 2. The summed E-state index contributed by atoms with van der Waals surface area (Å²) in [6.07, 6.45) is -1.11. The molecule has 9 nitrogen and oxygen atoms in total. The predicted octanol–water partition coefficient (Wildman–Crippen LogP) is 2.28. The highest BCUT2D eigenvalue weighted by Crippen LogP contribution is 2.26. The molecule has 1 heterocycles. The SMILES string of the molecule is CC(C)c1ccc(NC(=O)N2CCCN(S(=O)(=O)c3ccc(F)cc3)C2C(=O)NCCN)cc1. The third kappa shape index (κ3) is 5.72. The second-order valence-corrected chi connectivity index (χ2v) is 10.2. The lowest BCUT2D eigenvalue weighted by molar-refractivity contribution is -0.130. The van der Waals surface area contributed by atoms with Gasteiger partial charge in [-0.1, -0.05) is 26.0 Å². The van der Waals surface area contributed by atoms with E-state index >= 15 is 0 Å². The number of amides is 3. The van der Waals surface area contributed by atoms with Crippen molar-refractivity contribution >= 4 is 27.6 Å². The lowest BCUT2D eigenvalue weighted by Gasteiger charge is -2.41. The zero-order chi connectivity index (χ0) is 24.9. The van der Waals surface area contributed by atoms with Crippen LogP contribution in [0.4, 0.5) is 14.9 Å². The fourth-order valence-electron chi connectivity index (χ4n) is 3.71. The first-order chi connectivity index (χ1) is 16.1. The van der Waals surface area contributed by atoms with E-state index in [1.54, 1.807) is 12.1 Å². The van der Waals surface area contributed by atoms with Crippen molar-refractivity contribution in [3.05, 3.63) is 59.9 Å². The Kier molecular flexibility index (Phi) is 8.24. The molecule has 1 aliphatic rings. The summed E-state index contributed by atoms with van der Waals surface area (Å²) >= 11 is 0.